The maximum atomic E-state index is 13.3. The van der Waals surface area contributed by atoms with Gasteiger partial charge in [0.25, 0.3) is 5.91 Å². The average molecular weight is 579 g/mol. The third kappa shape index (κ3) is 6.76. The zero-order valence-electron chi connectivity index (χ0n) is 18.5. The van der Waals surface area contributed by atoms with Gasteiger partial charge in [-0.25, -0.2) is 0 Å². The van der Waals surface area contributed by atoms with E-state index in [1.807, 2.05) is 0 Å². The normalized spacial score (nSPS) is 18.6. The molecule has 1 saturated heterocycles. The number of nitrogens with two attached hydrogens (primary N) is 1. The van der Waals surface area contributed by atoms with Crippen LogP contribution in [0.2, 0.25) is 10.0 Å². The summed E-state index contributed by atoms with van der Waals surface area (Å²) in [5.41, 5.74) is 1.95. The SMILES string of the molecule is CN(C(=O)c1cc(C(F)(F)F)cc(C(F)(F)F)c1)C1CN(CC(N)=O)CC1c1ccc(Cl)c(Cl)c1.Cl. The Morgan fingerprint density at radius 2 is 1.53 bits per heavy atom. The standard InChI is InChI=1S/C22H19Cl2F6N3O2.ClH/c1-32(20(35)12-4-13(21(25,26)27)7-14(5-12)22(28,29)30)18-9-33(10-19(31)34)8-15(18)11-2-3-16(23)17(24)6-11;/h2-7,15,18H,8-10H2,1H3,(H2,31,34);1H. The summed E-state index contributed by atoms with van der Waals surface area (Å²) in [4.78, 5) is 27.3. The van der Waals surface area contributed by atoms with E-state index in [-0.39, 0.29) is 48.2 Å². The second-order valence-corrected chi connectivity index (χ2v) is 9.03. The summed E-state index contributed by atoms with van der Waals surface area (Å²) in [6.07, 6.45) is -10.2. The van der Waals surface area contributed by atoms with Crippen molar-refractivity contribution < 1.29 is 35.9 Å². The van der Waals surface area contributed by atoms with Crippen LogP contribution >= 0.6 is 35.6 Å². The molecule has 198 valence electrons. The van der Waals surface area contributed by atoms with Gasteiger partial charge < -0.3 is 10.6 Å². The molecule has 0 aromatic heterocycles. The lowest BCUT2D eigenvalue weighted by Gasteiger charge is -2.30. The summed E-state index contributed by atoms with van der Waals surface area (Å²) < 4.78 is 79.6. The monoisotopic (exact) mass is 577 g/mol. The predicted molar refractivity (Wildman–Crippen MR) is 124 cm³/mol. The number of amides is 2. The van der Waals surface area contributed by atoms with Crippen molar-refractivity contribution in [3.05, 3.63) is 68.7 Å². The molecule has 2 aromatic rings. The molecule has 2 atom stereocenters. The molecule has 2 N–H and O–H groups in total. The second-order valence-electron chi connectivity index (χ2n) is 8.22. The highest BCUT2D eigenvalue weighted by Gasteiger charge is 2.41. The van der Waals surface area contributed by atoms with Crippen LogP contribution < -0.4 is 5.73 Å². The quantitative estimate of drug-likeness (QED) is 0.478. The second kappa shape index (κ2) is 11.0. The van der Waals surface area contributed by atoms with Crippen molar-refractivity contribution in [2.24, 2.45) is 5.73 Å². The van der Waals surface area contributed by atoms with E-state index < -0.39 is 52.8 Å². The van der Waals surface area contributed by atoms with Crippen LogP contribution in [0.15, 0.2) is 36.4 Å². The molecule has 0 aliphatic carbocycles. The summed E-state index contributed by atoms with van der Waals surface area (Å²) in [5.74, 6) is -2.16. The third-order valence-electron chi connectivity index (χ3n) is 5.77. The van der Waals surface area contributed by atoms with E-state index in [0.717, 1.165) is 4.90 Å². The number of hydrogen-bond donors (Lipinski definition) is 1. The average Bonchev–Trinajstić information content (AvgIpc) is 3.16. The van der Waals surface area contributed by atoms with Crippen molar-refractivity contribution in [2.45, 2.75) is 24.3 Å². The molecule has 1 aliphatic heterocycles. The molecule has 3 rings (SSSR count). The Hall–Kier alpha value is -2.21. The number of likely N-dealkylation sites (N-methyl/N-ethyl adjacent to an activating group) is 1. The molecular formula is C22H20Cl3F6N3O2. The molecular weight excluding hydrogens is 559 g/mol. The Morgan fingerprint density at radius 3 is 2.00 bits per heavy atom. The van der Waals surface area contributed by atoms with E-state index in [4.69, 9.17) is 28.9 Å². The zero-order chi connectivity index (χ0) is 26.3. The molecule has 1 fully saturated rings. The highest BCUT2D eigenvalue weighted by atomic mass is 35.5. The number of benzene rings is 2. The van der Waals surface area contributed by atoms with Gasteiger partial charge in [0.1, 0.15) is 0 Å². The Balaban J connectivity index is 0.00000456. The lowest BCUT2D eigenvalue weighted by molar-refractivity contribution is -0.143. The lowest BCUT2D eigenvalue weighted by Crippen LogP contribution is -2.42. The summed E-state index contributed by atoms with van der Waals surface area (Å²) in [7, 11) is 1.28. The Kier molecular flexibility index (Phi) is 9.20. The molecule has 1 heterocycles. The van der Waals surface area contributed by atoms with Crippen LogP contribution in [-0.2, 0) is 17.1 Å². The van der Waals surface area contributed by atoms with Crippen molar-refractivity contribution >= 4 is 47.4 Å². The van der Waals surface area contributed by atoms with E-state index in [1.165, 1.54) is 13.1 Å². The van der Waals surface area contributed by atoms with E-state index in [9.17, 15) is 35.9 Å². The van der Waals surface area contributed by atoms with Crippen molar-refractivity contribution in [1.82, 2.24) is 9.80 Å². The summed E-state index contributed by atoms with van der Waals surface area (Å²) in [6, 6.07) is 4.74. The van der Waals surface area contributed by atoms with Crippen LogP contribution in [0.3, 0.4) is 0 Å². The Morgan fingerprint density at radius 1 is 0.972 bits per heavy atom. The van der Waals surface area contributed by atoms with Gasteiger partial charge in [0, 0.05) is 31.6 Å². The van der Waals surface area contributed by atoms with Crippen LogP contribution in [0.25, 0.3) is 0 Å². The highest BCUT2D eigenvalue weighted by molar-refractivity contribution is 6.42. The number of carbonyl (C=O) groups excluding carboxylic acids is 2. The first-order valence-corrected chi connectivity index (χ1v) is 10.9. The number of halogens is 9. The van der Waals surface area contributed by atoms with E-state index in [1.54, 1.807) is 17.0 Å². The molecule has 1 aliphatic rings. The number of alkyl halides is 6. The minimum absolute atomic E-state index is 0. The van der Waals surface area contributed by atoms with Crippen LogP contribution in [0.1, 0.15) is 33.0 Å². The van der Waals surface area contributed by atoms with Gasteiger partial charge in [-0.3, -0.25) is 14.5 Å². The number of likely N-dealkylation sites (tertiary alicyclic amines) is 1. The molecule has 0 radical (unpaired) electrons. The molecule has 2 amide bonds. The fraction of sp³-hybridized carbons (Fsp3) is 0.364. The number of hydrogen-bond acceptors (Lipinski definition) is 3. The fourth-order valence-electron chi connectivity index (χ4n) is 4.11. The topological polar surface area (TPSA) is 66.6 Å². The first-order chi connectivity index (χ1) is 16.1. The number of carbonyl (C=O) groups is 2. The number of nitrogens with zero attached hydrogens (tertiary/aromatic N) is 2. The zero-order valence-corrected chi connectivity index (χ0v) is 20.8. The molecule has 2 unspecified atom stereocenters. The molecule has 0 saturated carbocycles. The number of primary amides is 1. The van der Waals surface area contributed by atoms with Crippen molar-refractivity contribution in [1.29, 1.82) is 0 Å². The number of rotatable bonds is 5. The lowest BCUT2D eigenvalue weighted by atomic mass is 9.93. The maximum Gasteiger partial charge on any atom is 0.416 e. The minimum Gasteiger partial charge on any atom is -0.369 e. The van der Waals surface area contributed by atoms with Crippen LogP contribution in [-0.4, -0.2) is 54.3 Å². The molecule has 0 bridgehead atoms. The summed E-state index contributed by atoms with van der Waals surface area (Å²) in [5, 5.41) is 0.491. The van der Waals surface area contributed by atoms with Gasteiger partial charge in [0.2, 0.25) is 5.91 Å². The van der Waals surface area contributed by atoms with Gasteiger partial charge in [-0.15, -0.1) is 12.4 Å². The molecule has 2 aromatic carbocycles. The smallest absolute Gasteiger partial charge is 0.369 e. The van der Waals surface area contributed by atoms with Crippen LogP contribution in [0.5, 0.6) is 0 Å². The van der Waals surface area contributed by atoms with Crippen molar-refractivity contribution in [3.8, 4) is 0 Å². The van der Waals surface area contributed by atoms with Crippen molar-refractivity contribution in [3.63, 3.8) is 0 Å². The van der Waals surface area contributed by atoms with E-state index in [0.29, 0.717) is 17.7 Å². The van der Waals surface area contributed by atoms with Gasteiger partial charge in [-0.2, -0.15) is 26.3 Å². The Labute approximate surface area is 218 Å². The Bertz CT molecular complexity index is 1110. The molecule has 5 nitrogen and oxygen atoms in total. The fourth-order valence-corrected chi connectivity index (χ4v) is 4.42. The summed E-state index contributed by atoms with van der Waals surface area (Å²) >= 11 is 12.1. The largest absolute Gasteiger partial charge is 0.416 e. The minimum atomic E-state index is -5.09. The van der Waals surface area contributed by atoms with Crippen LogP contribution in [0, 0.1) is 0 Å². The first kappa shape index (κ1) is 30.0. The van der Waals surface area contributed by atoms with Crippen molar-refractivity contribution in [2.75, 3.05) is 26.7 Å². The van der Waals surface area contributed by atoms with Gasteiger partial charge in [-0.1, -0.05) is 29.3 Å². The maximum absolute atomic E-state index is 13.3. The van der Waals surface area contributed by atoms with Gasteiger partial charge in [-0.05, 0) is 35.9 Å². The van der Waals surface area contributed by atoms with E-state index >= 15 is 0 Å². The van der Waals surface area contributed by atoms with Gasteiger partial charge >= 0.3 is 12.4 Å². The highest BCUT2D eigenvalue weighted by Crippen LogP contribution is 2.38. The summed E-state index contributed by atoms with van der Waals surface area (Å²) in [6.45, 7) is 0.179. The first-order valence-electron chi connectivity index (χ1n) is 10.1. The predicted octanol–water partition coefficient (Wildman–Crippen LogP) is 5.48. The van der Waals surface area contributed by atoms with Gasteiger partial charge in [0.15, 0.2) is 0 Å². The van der Waals surface area contributed by atoms with E-state index in [2.05, 4.69) is 0 Å². The molecule has 0 spiro atoms. The third-order valence-corrected chi connectivity index (χ3v) is 6.51. The van der Waals surface area contributed by atoms with Crippen LogP contribution in [0.4, 0.5) is 26.3 Å². The van der Waals surface area contributed by atoms with Gasteiger partial charge in [0.05, 0.1) is 33.8 Å². The molecule has 36 heavy (non-hydrogen) atoms. The molecule has 14 heteroatoms.